The van der Waals surface area contributed by atoms with Crippen molar-refractivity contribution >= 4 is 5.95 Å². The Labute approximate surface area is 104 Å². The van der Waals surface area contributed by atoms with Crippen molar-refractivity contribution in [3.63, 3.8) is 0 Å². The van der Waals surface area contributed by atoms with E-state index in [2.05, 4.69) is 15.3 Å². The minimum absolute atomic E-state index is 0.139. The van der Waals surface area contributed by atoms with E-state index in [4.69, 9.17) is 0 Å². The lowest BCUT2D eigenvalue weighted by Gasteiger charge is -2.07. The highest BCUT2D eigenvalue weighted by Crippen LogP contribution is 2.23. The Balaban J connectivity index is 2.53. The summed E-state index contributed by atoms with van der Waals surface area (Å²) in [5.41, 5.74) is 1.20. The summed E-state index contributed by atoms with van der Waals surface area (Å²) in [5, 5.41) is 2.95. The summed E-state index contributed by atoms with van der Waals surface area (Å²) in [4.78, 5) is 8.33. The van der Waals surface area contributed by atoms with Crippen molar-refractivity contribution < 1.29 is 8.78 Å². The molecule has 0 unspecified atom stereocenters. The normalized spacial score (nSPS) is 10.4. The molecule has 0 aliphatic rings. The first-order valence-electron chi connectivity index (χ1n) is 5.65. The van der Waals surface area contributed by atoms with Crippen LogP contribution >= 0.6 is 0 Å². The molecule has 0 fully saturated rings. The van der Waals surface area contributed by atoms with E-state index < -0.39 is 11.6 Å². The van der Waals surface area contributed by atoms with E-state index in [9.17, 15) is 8.78 Å². The first-order valence-corrected chi connectivity index (χ1v) is 5.65. The molecule has 0 aliphatic heterocycles. The maximum Gasteiger partial charge on any atom is 0.223 e. The van der Waals surface area contributed by atoms with Crippen molar-refractivity contribution in [3.8, 4) is 11.3 Å². The molecule has 1 aromatic carbocycles. The summed E-state index contributed by atoms with van der Waals surface area (Å²) >= 11 is 0. The third-order valence-electron chi connectivity index (χ3n) is 2.42. The molecule has 0 aliphatic carbocycles. The van der Waals surface area contributed by atoms with Gasteiger partial charge in [0.05, 0.1) is 5.69 Å². The van der Waals surface area contributed by atoms with Crippen molar-refractivity contribution in [2.24, 2.45) is 0 Å². The fraction of sp³-hybridized carbons (Fsp3) is 0.231. The first kappa shape index (κ1) is 12.4. The van der Waals surface area contributed by atoms with Gasteiger partial charge in [0, 0.05) is 17.8 Å². The van der Waals surface area contributed by atoms with Gasteiger partial charge in [0.1, 0.15) is 0 Å². The fourth-order valence-electron chi connectivity index (χ4n) is 1.65. The Kier molecular flexibility index (Phi) is 3.50. The summed E-state index contributed by atoms with van der Waals surface area (Å²) in [6.07, 6.45) is 0. The molecule has 0 saturated carbocycles. The van der Waals surface area contributed by atoms with Gasteiger partial charge in [-0.05, 0) is 32.0 Å². The predicted molar refractivity (Wildman–Crippen MR) is 66.3 cm³/mol. The monoisotopic (exact) mass is 249 g/mol. The Hall–Kier alpha value is -2.04. The van der Waals surface area contributed by atoms with Gasteiger partial charge in [-0.1, -0.05) is 6.07 Å². The Bertz CT molecular complexity index is 570. The lowest BCUT2D eigenvalue weighted by molar-refractivity contribution is 0.511. The van der Waals surface area contributed by atoms with Gasteiger partial charge in [-0.25, -0.2) is 18.7 Å². The van der Waals surface area contributed by atoms with E-state index in [-0.39, 0.29) is 5.56 Å². The average molecular weight is 249 g/mol. The SMILES string of the molecule is CCNc1nc(C)cc(-c2cccc(F)c2F)n1. The van der Waals surface area contributed by atoms with Gasteiger partial charge in [0.25, 0.3) is 0 Å². The van der Waals surface area contributed by atoms with Crippen LogP contribution in [0.15, 0.2) is 24.3 Å². The molecule has 0 radical (unpaired) electrons. The predicted octanol–water partition coefficient (Wildman–Crippen LogP) is 3.16. The molecule has 5 heteroatoms. The number of anilines is 1. The molecule has 0 spiro atoms. The summed E-state index contributed by atoms with van der Waals surface area (Å²) in [6.45, 7) is 4.35. The Morgan fingerprint density at radius 1 is 1.22 bits per heavy atom. The van der Waals surface area contributed by atoms with Crippen LogP contribution < -0.4 is 5.32 Å². The fourth-order valence-corrected chi connectivity index (χ4v) is 1.65. The number of nitrogens with one attached hydrogen (secondary N) is 1. The molecule has 1 N–H and O–H groups in total. The van der Waals surface area contributed by atoms with Crippen LogP contribution in [-0.4, -0.2) is 16.5 Å². The van der Waals surface area contributed by atoms with E-state index in [0.717, 1.165) is 6.07 Å². The van der Waals surface area contributed by atoms with Gasteiger partial charge in [-0.2, -0.15) is 0 Å². The zero-order valence-electron chi connectivity index (χ0n) is 10.2. The number of hydrogen-bond donors (Lipinski definition) is 1. The van der Waals surface area contributed by atoms with Crippen molar-refractivity contribution in [1.29, 1.82) is 0 Å². The molecule has 1 heterocycles. The third kappa shape index (κ3) is 2.45. The number of hydrogen-bond acceptors (Lipinski definition) is 3. The maximum absolute atomic E-state index is 13.7. The van der Waals surface area contributed by atoms with Gasteiger partial charge in [-0.3, -0.25) is 0 Å². The zero-order valence-corrected chi connectivity index (χ0v) is 10.2. The molecule has 0 atom stereocenters. The van der Waals surface area contributed by atoms with E-state index >= 15 is 0 Å². The van der Waals surface area contributed by atoms with Gasteiger partial charge in [0.2, 0.25) is 5.95 Å². The largest absolute Gasteiger partial charge is 0.354 e. The molecule has 0 amide bonds. The van der Waals surface area contributed by atoms with Crippen molar-refractivity contribution in [1.82, 2.24) is 9.97 Å². The van der Waals surface area contributed by atoms with Crippen LogP contribution in [0, 0.1) is 18.6 Å². The zero-order chi connectivity index (χ0) is 13.1. The molecular formula is C13H13F2N3. The Morgan fingerprint density at radius 3 is 2.72 bits per heavy atom. The highest BCUT2D eigenvalue weighted by molar-refractivity contribution is 5.61. The highest BCUT2D eigenvalue weighted by Gasteiger charge is 2.12. The molecular weight excluding hydrogens is 236 g/mol. The van der Waals surface area contributed by atoms with Gasteiger partial charge < -0.3 is 5.32 Å². The summed E-state index contributed by atoms with van der Waals surface area (Å²) in [6, 6.07) is 5.66. The second kappa shape index (κ2) is 5.08. The third-order valence-corrected chi connectivity index (χ3v) is 2.42. The van der Waals surface area contributed by atoms with Gasteiger partial charge in [0.15, 0.2) is 11.6 Å². The van der Waals surface area contributed by atoms with Gasteiger partial charge >= 0.3 is 0 Å². The number of aromatic nitrogens is 2. The lowest BCUT2D eigenvalue weighted by Crippen LogP contribution is -2.04. The van der Waals surface area contributed by atoms with Crippen LogP contribution in [-0.2, 0) is 0 Å². The van der Waals surface area contributed by atoms with E-state index in [1.54, 1.807) is 13.0 Å². The second-order valence-electron chi connectivity index (χ2n) is 3.85. The maximum atomic E-state index is 13.7. The molecule has 18 heavy (non-hydrogen) atoms. The molecule has 1 aromatic heterocycles. The number of halogens is 2. The summed E-state index contributed by atoms with van der Waals surface area (Å²) < 4.78 is 26.9. The van der Waals surface area contributed by atoms with E-state index in [1.807, 2.05) is 6.92 Å². The molecule has 3 nitrogen and oxygen atoms in total. The number of benzene rings is 1. The second-order valence-corrected chi connectivity index (χ2v) is 3.85. The van der Waals surface area contributed by atoms with E-state index in [1.165, 1.54) is 12.1 Å². The minimum atomic E-state index is -0.891. The lowest BCUT2D eigenvalue weighted by atomic mass is 10.1. The van der Waals surface area contributed by atoms with Crippen LogP contribution in [0.25, 0.3) is 11.3 Å². The highest BCUT2D eigenvalue weighted by atomic mass is 19.2. The number of rotatable bonds is 3. The quantitative estimate of drug-likeness (QED) is 0.908. The number of aryl methyl sites for hydroxylation is 1. The van der Waals surface area contributed by atoms with Crippen LogP contribution in [0.3, 0.4) is 0 Å². The van der Waals surface area contributed by atoms with Crippen LogP contribution in [0.5, 0.6) is 0 Å². The van der Waals surface area contributed by atoms with Crippen LogP contribution in [0.4, 0.5) is 14.7 Å². The molecule has 94 valence electrons. The molecule has 2 aromatic rings. The van der Waals surface area contributed by atoms with Crippen molar-refractivity contribution in [2.75, 3.05) is 11.9 Å². The number of nitrogens with zero attached hydrogens (tertiary/aromatic N) is 2. The minimum Gasteiger partial charge on any atom is -0.354 e. The first-order chi connectivity index (χ1) is 8.61. The van der Waals surface area contributed by atoms with Crippen LogP contribution in [0.2, 0.25) is 0 Å². The summed E-state index contributed by atoms with van der Waals surface area (Å²) in [5.74, 6) is -1.36. The molecule has 0 bridgehead atoms. The molecule has 0 saturated heterocycles. The summed E-state index contributed by atoms with van der Waals surface area (Å²) in [7, 11) is 0. The average Bonchev–Trinajstić information content (AvgIpc) is 2.32. The van der Waals surface area contributed by atoms with Gasteiger partial charge in [-0.15, -0.1) is 0 Å². The molecule has 2 rings (SSSR count). The van der Waals surface area contributed by atoms with Crippen molar-refractivity contribution in [3.05, 3.63) is 41.6 Å². The Morgan fingerprint density at radius 2 is 2.00 bits per heavy atom. The smallest absolute Gasteiger partial charge is 0.223 e. The van der Waals surface area contributed by atoms with E-state index in [0.29, 0.717) is 23.9 Å². The van der Waals surface area contributed by atoms with Crippen LogP contribution in [0.1, 0.15) is 12.6 Å². The topological polar surface area (TPSA) is 37.8 Å². The van der Waals surface area contributed by atoms with Crippen molar-refractivity contribution in [2.45, 2.75) is 13.8 Å². The standard InChI is InChI=1S/C13H13F2N3/c1-3-16-13-17-8(2)7-11(18-13)9-5-4-6-10(14)12(9)15/h4-7H,3H2,1-2H3,(H,16,17,18).